The van der Waals surface area contributed by atoms with Crippen molar-refractivity contribution in [3.8, 4) is 0 Å². The zero-order chi connectivity index (χ0) is 9.83. The minimum Gasteiger partial charge on any atom is -0.361 e. The number of aromatic amines is 1. The molecule has 15 heavy (non-hydrogen) atoms. The highest BCUT2D eigenvalue weighted by Crippen LogP contribution is 2.20. The van der Waals surface area contributed by atoms with E-state index in [9.17, 15) is 0 Å². The van der Waals surface area contributed by atoms with Crippen molar-refractivity contribution in [1.82, 2.24) is 4.98 Å². The molecule has 0 bridgehead atoms. The molecule has 0 aliphatic carbocycles. The van der Waals surface area contributed by atoms with Gasteiger partial charge in [0, 0.05) is 35.1 Å². The largest absolute Gasteiger partial charge is 0.361 e. The molecule has 0 fully saturated rings. The zero-order valence-corrected chi connectivity index (χ0v) is 8.12. The van der Waals surface area contributed by atoms with E-state index in [-0.39, 0.29) is 0 Å². The van der Waals surface area contributed by atoms with Crippen LogP contribution in [0.25, 0.3) is 17.0 Å². The number of aliphatic imine (C=N–C) groups is 1. The van der Waals surface area contributed by atoms with Crippen LogP contribution >= 0.6 is 0 Å². The van der Waals surface area contributed by atoms with Crippen LogP contribution in [-0.2, 0) is 6.42 Å². The Labute approximate surface area is 85.9 Å². The minimum absolute atomic E-state index is 0.904. The highest BCUT2D eigenvalue weighted by atomic mass is 14.8. The summed E-state index contributed by atoms with van der Waals surface area (Å²) in [7, 11) is 0. The second-order valence-electron chi connectivity index (χ2n) is 3.93. The summed E-state index contributed by atoms with van der Waals surface area (Å²) in [5.74, 6) is 0. The van der Waals surface area contributed by atoms with E-state index in [0.717, 1.165) is 24.0 Å². The van der Waals surface area contributed by atoms with Crippen LogP contribution in [-0.4, -0.2) is 17.7 Å². The average Bonchev–Trinajstić information content (AvgIpc) is 2.97. The third kappa shape index (κ3) is 0.768. The van der Waals surface area contributed by atoms with E-state index < -0.39 is 0 Å². The minimum atomic E-state index is 0.904. The standard InChI is InChI=1S/C12H9N3/c1-4-13-10-7(1)11-9(2-5-14-11)12-8(10)3-6-15-12/h1-2,4-5,14H,3,6H2. The normalized spacial score (nSPS) is 16.3. The van der Waals surface area contributed by atoms with E-state index >= 15 is 0 Å². The summed E-state index contributed by atoms with van der Waals surface area (Å²) in [6.07, 6.45) is 6.96. The number of benzene rings is 1. The number of fused-ring (bicyclic) bond motifs is 6. The van der Waals surface area contributed by atoms with Gasteiger partial charge in [0.25, 0.3) is 0 Å². The lowest BCUT2D eigenvalue weighted by molar-refractivity contribution is 1.02. The molecule has 3 nitrogen and oxygen atoms in total. The summed E-state index contributed by atoms with van der Waals surface area (Å²) >= 11 is 0. The first-order chi connectivity index (χ1) is 7.45. The van der Waals surface area contributed by atoms with E-state index in [1.54, 1.807) is 0 Å². The van der Waals surface area contributed by atoms with Gasteiger partial charge in [0.15, 0.2) is 0 Å². The second-order valence-corrected chi connectivity index (χ2v) is 3.93. The molecule has 0 radical (unpaired) electrons. The topological polar surface area (TPSA) is 40.5 Å². The maximum atomic E-state index is 4.57. The van der Waals surface area contributed by atoms with Gasteiger partial charge in [-0.15, -0.1) is 0 Å². The number of aromatic nitrogens is 1. The zero-order valence-electron chi connectivity index (χ0n) is 8.12. The Hall–Kier alpha value is -1.90. The molecule has 1 N–H and O–H groups in total. The van der Waals surface area contributed by atoms with Crippen LogP contribution in [0, 0.1) is 0 Å². The van der Waals surface area contributed by atoms with Crippen LogP contribution in [0.15, 0.2) is 22.2 Å². The maximum Gasteiger partial charge on any atom is 0.0777 e. The van der Waals surface area contributed by atoms with Crippen LogP contribution in [0.5, 0.6) is 0 Å². The monoisotopic (exact) mass is 195 g/mol. The molecule has 1 aromatic carbocycles. The van der Waals surface area contributed by atoms with Gasteiger partial charge in [0.1, 0.15) is 0 Å². The molecule has 0 saturated carbocycles. The lowest BCUT2D eigenvalue weighted by atomic mass is 10.1. The molecule has 2 aliphatic rings. The van der Waals surface area contributed by atoms with Crippen LogP contribution in [0.2, 0.25) is 0 Å². The van der Waals surface area contributed by atoms with Crippen molar-refractivity contribution < 1.29 is 0 Å². The highest BCUT2D eigenvalue weighted by molar-refractivity contribution is 6.02. The fraction of sp³-hybridized carbons (Fsp3) is 0.167. The van der Waals surface area contributed by atoms with Crippen molar-refractivity contribution >= 4 is 28.9 Å². The number of hydrogen-bond acceptors (Lipinski definition) is 2. The lowest BCUT2D eigenvalue weighted by Gasteiger charge is -2.00. The first-order valence-corrected chi connectivity index (χ1v) is 5.16. The van der Waals surface area contributed by atoms with Gasteiger partial charge in [-0.1, -0.05) is 0 Å². The summed E-state index contributed by atoms with van der Waals surface area (Å²) in [6, 6.07) is 2.11. The fourth-order valence-corrected chi connectivity index (χ4v) is 2.54. The molecule has 1 aromatic heterocycles. The maximum absolute atomic E-state index is 4.57. The van der Waals surface area contributed by atoms with Crippen LogP contribution < -0.4 is 10.6 Å². The Morgan fingerprint density at radius 1 is 1.33 bits per heavy atom. The van der Waals surface area contributed by atoms with Crippen LogP contribution in [0.3, 0.4) is 0 Å². The quantitative estimate of drug-likeness (QED) is 0.647. The van der Waals surface area contributed by atoms with Crippen molar-refractivity contribution in [3.05, 3.63) is 28.4 Å². The number of nitrogens with zero attached hydrogens (tertiary/aromatic N) is 2. The Bertz CT molecular complexity index is 709. The van der Waals surface area contributed by atoms with Gasteiger partial charge in [0.05, 0.1) is 16.6 Å². The number of rotatable bonds is 0. The molecule has 3 heteroatoms. The van der Waals surface area contributed by atoms with Crippen molar-refractivity contribution in [1.29, 1.82) is 0 Å². The van der Waals surface area contributed by atoms with Gasteiger partial charge in [-0.2, -0.15) is 0 Å². The van der Waals surface area contributed by atoms with Gasteiger partial charge >= 0.3 is 0 Å². The molecule has 4 rings (SSSR count). The Kier molecular flexibility index (Phi) is 1.17. The number of hydrogen-bond donors (Lipinski definition) is 1. The predicted molar refractivity (Wildman–Crippen MR) is 60.3 cm³/mol. The number of H-pyrrole nitrogens is 1. The molecule has 2 aromatic rings. The van der Waals surface area contributed by atoms with E-state index in [0.29, 0.717) is 0 Å². The molecule has 0 spiro atoms. The van der Waals surface area contributed by atoms with Gasteiger partial charge in [-0.3, -0.25) is 9.98 Å². The third-order valence-corrected chi connectivity index (χ3v) is 3.17. The van der Waals surface area contributed by atoms with Crippen molar-refractivity contribution in [2.45, 2.75) is 6.42 Å². The van der Waals surface area contributed by atoms with Gasteiger partial charge in [0.2, 0.25) is 0 Å². The summed E-state index contributed by atoms with van der Waals surface area (Å²) in [6.45, 7) is 0.904. The second kappa shape index (κ2) is 2.37. The molecule has 3 heterocycles. The Balaban J connectivity index is 2.43. The molecule has 0 atom stereocenters. The van der Waals surface area contributed by atoms with E-state index in [2.05, 4.69) is 27.1 Å². The van der Waals surface area contributed by atoms with Crippen LogP contribution in [0.4, 0.5) is 5.69 Å². The average molecular weight is 195 g/mol. The number of nitrogens with one attached hydrogen (secondary N) is 1. The SMILES string of the molecule is C1=Nc2c3c(c4cc[nH]c4c2=C1)=NCC3. The summed E-state index contributed by atoms with van der Waals surface area (Å²) in [4.78, 5) is 12.3. The summed E-state index contributed by atoms with van der Waals surface area (Å²) in [5, 5.41) is 3.62. The highest BCUT2D eigenvalue weighted by Gasteiger charge is 2.17. The van der Waals surface area contributed by atoms with Crippen molar-refractivity contribution in [2.75, 3.05) is 6.54 Å². The molecule has 72 valence electrons. The Morgan fingerprint density at radius 2 is 2.33 bits per heavy atom. The summed E-state index contributed by atoms with van der Waals surface area (Å²) in [5.41, 5.74) is 3.62. The first kappa shape index (κ1) is 7.40. The van der Waals surface area contributed by atoms with Gasteiger partial charge < -0.3 is 4.98 Å². The smallest absolute Gasteiger partial charge is 0.0777 e. The molecular weight excluding hydrogens is 186 g/mol. The Morgan fingerprint density at radius 3 is 3.33 bits per heavy atom. The van der Waals surface area contributed by atoms with E-state index in [1.807, 2.05) is 12.4 Å². The molecule has 2 aliphatic heterocycles. The van der Waals surface area contributed by atoms with E-state index in [4.69, 9.17) is 0 Å². The van der Waals surface area contributed by atoms with Crippen molar-refractivity contribution in [3.63, 3.8) is 0 Å². The molecule has 0 amide bonds. The molecular formula is C12H9N3. The van der Waals surface area contributed by atoms with E-state index in [1.165, 1.54) is 21.7 Å². The predicted octanol–water partition coefficient (Wildman–Crippen LogP) is 0.840. The molecule has 0 saturated heterocycles. The summed E-state index contributed by atoms with van der Waals surface area (Å²) < 4.78 is 0. The lowest BCUT2D eigenvalue weighted by Crippen LogP contribution is -2.13. The fourth-order valence-electron chi connectivity index (χ4n) is 2.54. The van der Waals surface area contributed by atoms with Crippen LogP contribution in [0.1, 0.15) is 5.56 Å². The first-order valence-electron chi connectivity index (χ1n) is 5.16. The van der Waals surface area contributed by atoms with Gasteiger partial charge in [-0.25, -0.2) is 0 Å². The molecule has 0 unspecified atom stereocenters. The van der Waals surface area contributed by atoms with Gasteiger partial charge in [-0.05, 0) is 18.6 Å². The third-order valence-electron chi connectivity index (χ3n) is 3.17. The van der Waals surface area contributed by atoms with Crippen molar-refractivity contribution in [2.24, 2.45) is 9.98 Å².